The van der Waals surface area contributed by atoms with E-state index in [2.05, 4.69) is 10.6 Å². The molecule has 0 saturated heterocycles. The van der Waals surface area contributed by atoms with Gasteiger partial charge in [0, 0.05) is 30.6 Å². The standard InChI is InChI=1S/C34H55N3O8/c35-29(34(44)45)19-17-18-22-36-32(41)26-23-27(33(42)43)25-28(24-26)37-30(38)20-15-13-11-9-7-5-3-1-2-4-6-8-10-12-14-16-21-31(39)40/h23-25,29H,1-22,35H2,(H,36,41)(H,37,38)(H,39,40)(H,42,43)(H,44,45)/t29-/m0/s1. The van der Waals surface area contributed by atoms with Crippen LogP contribution in [0.2, 0.25) is 0 Å². The largest absolute Gasteiger partial charge is 0.481 e. The fraction of sp³-hybridized carbons (Fsp3) is 0.676. The lowest BCUT2D eigenvalue weighted by Crippen LogP contribution is -2.30. The minimum atomic E-state index is -1.21. The van der Waals surface area contributed by atoms with Gasteiger partial charge in [0.25, 0.3) is 5.91 Å². The first-order valence-electron chi connectivity index (χ1n) is 16.8. The predicted molar refractivity (Wildman–Crippen MR) is 175 cm³/mol. The van der Waals surface area contributed by atoms with Gasteiger partial charge in [-0.05, 0) is 50.3 Å². The molecular weight excluding hydrogens is 578 g/mol. The molecule has 0 fully saturated rings. The highest BCUT2D eigenvalue weighted by molar-refractivity contribution is 6.00. The molecule has 1 aromatic rings. The summed E-state index contributed by atoms with van der Waals surface area (Å²) in [5.74, 6) is -3.68. The van der Waals surface area contributed by atoms with Crippen LogP contribution in [0.4, 0.5) is 5.69 Å². The maximum Gasteiger partial charge on any atom is 0.335 e. The van der Waals surface area contributed by atoms with Gasteiger partial charge in [-0.2, -0.15) is 0 Å². The smallest absolute Gasteiger partial charge is 0.335 e. The molecule has 0 aliphatic heterocycles. The Morgan fingerprint density at radius 1 is 0.600 bits per heavy atom. The summed E-state index contributed by atoms with van der Waals surface area (Å²) in [4.78, 5) is 57.9. The van der Waals surface area contributed by atoms with Crippen molar-refractivity contribution in [1.29, 1.82) is 0 Å². The maximum atomic E-state index is 12.6. The Hall–Kier alpha value is -3.47. The van der Waals surface area contributed by atoms with Crippen molar-refractivity contribution in [3.8, 4) is 0 Å². The zero-order valence-electron chi connectivity index (χ0n) is 26.8. The van der Waals surface area contributed by atoms with Crippen molar-refractivity contribution in [2.75, 3.05) is 11.9 Å². The van der Waals surface area contributed by atoms with E-state index in [-0.39, 0.29) is 35.7 Å². The van der Waals surface area contributed by atoms with Gasteiger partial charge in [0.15, 0.2) is 0 Å². The number of carboxylic acid groups (broad SMARTS) is 3. The van der Waals surface area contributed by atoms with Gasteiger partial charge in [-0.15, -0.1) is 0 Å². The second-order valence-corrected chi connectivity index (χ2v) is 11.9. The molecule has 1 rings (SSSR count). The Kier molecular flexibility index (Phi) is 21.8. The summed E-state index contributed by atoms with van der Waals surface area (Å²) in [5, 5.41) is 32.3. The Balaban J connectivity index is 2.16. The highest BCUT2D eigenvalue weighted by Gasteiger charge is 2.14. The number of unbranched alkanes of at least 4 members (excludes halogenated alkanes) is 16. The molecular formula is C34H55N3O8. The van der Waals surface area contributed by atoms with Crippen LogP contribution in [0.1, 0.15) is 156 Å². The van der Waals surface area contributed by atoms with Gasteiger partial charge in [0.1, 0.15) is 6.04 Å². The molecule has 11 heteroatoms. The third-order valence-corrected chi connectivity index (χ3v) is 7.82. The number of benzene rings is 1. The molecule has 45 heavy (non-hydrogen) atoms. The minimum absolute atomic E-state index is 0.105. The zero-order chi connectivity index (χ0) is 33.3. The predicted octanol–water partition coefficient (Wildman–Crippen LogP) is 6.74. The molecule has 0 saturated carbocycles. The van der Waals surface area contributed by atoms with E-state index in [9.17, 15) is 29.1 Å². The van der Waals surface area contributed by atoms with E-state index in [0.29, 0.717) is 25.7 Å². The number of nitrogens with one attached hydrogen (secondary N) is 2. The highest BCUT2D eigenvalue weighted by atomic mass is 16.4. The molecule has 0 heterocycles. The number of hydrogen-bond donors (Lipinski definition) is 6. The van der Waals surface area contributed by atoms with E-state index in [4.69, 9.17) is 15.9 Å². The van der Waals surface area contributed by atoms with E-state index in [1.54, 1.807) is 0 Å². The number of amides is 2. The molecule has 7 N–H and O–H groups in total. The lowest BCUT2D eigenvalue weighted by molar-refractivity contribution is -0.139. The van der Waals surface area contributed by atoms with Gasteiger partial charge in [0.05, 0.1) is 5.56 Å². The first-order chi connectivity index (χ1) is 21.6. The van der Waals surface area contributed by atoms with Gasteiger partial charge < -0.3 is 31.7 Å². The summed E-state index contributed by atoms with van der Waals surface area (Å²) < 4.78 is 0. The summed E-state index contributed by atoms with van der Waals surface area (Å²) in [7, 11) is 0. The van der Waals surface area contributed by atoms with E-state index in [1.165, 1.54) is 76.0 Å². The highest BCUT2D eigenvalue weighted by Crippen LogP contribution is 2.18. The Morgan fingerprint density at radius 3 is 1.53 bits per heavy atom. The average Bonchev–Trinajstić information content (AvgIpc) is 2.99. The van der Waals surface area contributed by atoms with Crippen LogP contribution in [0.3, 0.4) is 0 Å². The van der Waals surface area contributed by atoms with Gasteiger partial charge in [0.2, 0.25) is 5.91 Å². The van der Waals surface area contributed by atoms with Gasteiger partial charge in [-0.3, -0.25) is 19.2 Å². The number of hydrogen-bond acceptors (Lipinski definition) is 6. The summed E-state index contributed by atoms with van der Waals surface area (Å²) in [5.41, 5.74) is 5.74. The normalized spacial score (nSPS) is 11.6. The van der Waals surface area contributed by atoms with Crippen molar-refractivity contribution < 1.29 is 39.3 Å². The third kappa shape index (κ3) is 21.0. The molecule has 254 valence electrons. The monoisotopic (exact) mass is 633 g/mol. The second-order valence-electron chi connectivity index (χ2n) is 11.9. The first kappa shape index (κ1) is 39.6. The van der Waals surface area contributed by atoms with Crippen LogP contribution in [0.5, 0.6) is 0 Å². The first-order valence-corrected chi connectivity index (χ1v) is 16.8. The number of aliphatic carboxylic acids is 2. The summed E-state index contributed by atoms with van der Waals surface area (Å²) in [6.45, 7) is 0.283. The van der Waals surface area contributed by atoms with Crippen molar-refractivity contribution in [3.05, 3.63) is 29.3 Å². The molecule has 0 aromatic heterocycles. The molecule has 0 radical (unpaired) electrons. The lowest BCUT2D eigenvalue weighted by Gasteiger charge is -2.11. The average molecular weight is 634 g/mol. The zero-order valence-corrected chi connectivity index (χ0v) is 26.8. The van der Waals surface area contributed by atoms with Crippen LogP contribution in [-0.2, 0) is 14.4 Å². The van der Waals surface area contributed by atoms with E-state index < -0.39 is 29.9 Å². The van der Waals surface area contributed by atoms with Gasteiger partial charge in [-0.25, -0.2) is 4.79 Å². The van der Waals surface area contributed by atoms with Crippen LogP contribution in [0, 0.1) is 0 Å². The molecule has 2 amide bonds. The maximum absolute atomic E-state index is 12.6. The number of rotatable bonds is 28. The topological polar surface area (TPSA) is 196 Å². The van der Waals surface area contributed by atoms with E-state index >= 15 is 0 Å². The molecule has 0 bridgehead atoms. The molecule has 0 aliphatic rings. The number of carbonyl (C=O) groups excluding carboxylic acids is 2. The SMILES string of the molecule is N[C@@H](CCCCNC(=O)c1cc(NC(=O)CCCCCCCCCCCCCCCCCCC(=O)O)cc(C(=O)O)c1)C(=O)O. The van der Waals surface area contributed by atoms with Crippen molar-refractivity contribution in [2.24, 2.45) is 5.73 Å². The lowest BCUT2D eigenvalue weighted by atomic mass is 10.0. The molecule has 0 spiro atoms. The number of aromatic carboxylic acids is 1. The van der Waals surface area contributed by atoms with Crippen molar-refractivity contribution in [2.45, 2.75) is 141 Å². The van der Waals surface area contributed by atoms with Crippen molar-refractivity contribution in [3.63, 3.8) is 0 Å². The van der Waals surface area contributed by atoms with Crippen LogP contribution in [-0.4, -0.2) is 57.6 Å². The van der Waals surface area contributed by atoms with Crippen molar-refractivity contribution in [1.82, 2.24) is 5.32 Å². The summed E-state index contributed by atoms with van der Waals surface area (Å²) >= 11 is 0. The number of nitrogens with two attached hydrogens (primary N) is 1. The van der Waals surface area contributed by atoms with E-state index in [1.807, 2.05) is 0 Å². The Bertz CT molecular complexity index is 1050. The molecule has 1 aromatic carbocycles. The number of anilines is 1. The van der Waals surface area contributed by atoms with Crippen molar-refractivity contribution >= 4 is 35.4 Å². The molecule has 1 atom stereocenters. The van der Waals surface area contributed by atoms with Gasteiger partial charge >= 0.3 is 17.9 Å². The van der Waals surface area contributed by atoms with Crippen LogP contribution >= 0.6 is 0 Å². The van der Waals surface area contributed by atoms with Crippen LogP contribution < -0.4 is 16.4 Å². The van der Waals surface area contributed by atoms with E-state index in [0.717, 1.165) is 44.9 Å². The third-order valence-electron chi connectivity index (χ3n) is 7.82. The molecule has 0 unspecified atom stereocenters. The van der Waals surface area contributed by atoms with Crippen LogP contribution in [0.25, 0.3) is 0 Å². The Morgan fingerprint density at radius 2 is 1.07 bits per heavy atom. The van der Waals surface area contributed by atoms with Gasteiger partial charge in [-0.1, -0.05) is 89.9 Å². The molecule has 11 nitrogen and oxygen atoms in total. The number of carbonyl (C=O) groups is 5. The Labute approximate surface area is 267 Å². The summed E-state index contributed by atoms with van der Waals surface area (Å²) in [6.07, 6.45) is 20.0. The number of carboxylic acids is 3. The fourth-order valence-electron chi connectivity index (χ4n) is 5.13. The fourth-order valence-corrected chi connectivity index (χ4v) is 5.13. The summed E-state index contributed by atoms with van der Waals surface area (Å²) in [6, 6.07) is 3.10. The van der Waals surface area contributed by atoms with Crippen LogP contribution in [0.15, 0.2) is 18.2 Å². The minimum Gasteiger partial charge on any atom is -0.481 e. The molecule has 0 aliphatic carbocycles. The quantitative estimate of drug-likeness (QED) is 0.0541. The second kappa shape index (κ2) is 24.8.